The molecule has 0 aliphatic heterocycles. The summed E-state index contributed by atoms with van der Waals surface area (Å²) in [5.74, 6) is 1.99. The van der Waals surface area contributed by atoms with Crippen LogP contribution in [0.5, 0.6) is 0 Å². The van der Waals surface area contributed by atoms with E-state index < -0.39 is 0 Å². The lowest BCUT2D eigenvalue weighted by molar-refractivity contribution is 0.270. The number of anilines is 1. The Hall–Kier alpha value is -0.960. The Morgan fingerprint density at radius 3 is 2.92 bits per heavy atom. The Bertz CT molecular complexity index is 249. The Kier molecular flexibility index (Phi) is 2.27. The number of nitrogens with one attached hydrogen (secondary N) is 1. The highest BCUT2D eigenvalue weighted by Crippen LogP contribution is 2.27. The molecule has 1 saturated carbocycles. The van der Waals surface area contributed by atoms with Gasteiger partial charge in [0, 0.05) is 25.8 Å². The third-order valence-corrected chi connectivity index (χ3v) is 2.80. The zero-order valence-electron chi connectivity index (χ0n) is 8.03. The first kappa shape index (κ1) is 8.63. The number of H-pyrrole nitrogens is 1. The Labute approximate surface area is 78.9 Å². The molecule has 3 nitrogen and oxygen atoms in total. The van der Waals surface area contributed by atoms with Crippen LogP contribution in [0.15, 0.2) is 18.3 Å². The van der Waals surface area contributed by atoms with Crippen molar-refractivity contribution in [1.29, 1.82) is 0 Å². The largest absolute Gasteiger partial charge is 0.361 e. The topological polar surface area (TPSA) is 45.0 Å². The Balaban J connectivity index is 1.82. The van der Waals surface area contributed by atoms with Crippen LogP contribution in [0.1, 0.15) is 12.8 Å². The molecule has 1 aliphatic carbocycles. The van der Waals surface area contributed by atoms with Gasteiger partial charge in [0.05, 0.1) is 0 Å². The van der Waals surface area contributed by atoms with Crippen molar-refractivity contribution in [2.24, 2.45) is 11.7 Å². The molecule has 0 amide bonds. The minimum absolute atomic E-state index is 0.460. The molecule has 2 rings (SSSR count). The van der Waals surface area contributed by atoms with Crippen LogP contribution < -0.4 is 10.6 Å². The first-order chi connectivity index (χ1) is 6.25. The number of hydrogen-bond acceptors (Lipinski definition) is 2. The van der Waals surface area contributed by atoms with Gasteiger partial charge in [-0.1, -0.05) is 0 Å². The first-order valence-corrected chi connectivity index (χ1v) is 4.86. The lowest BCUT2D eigenvalue weighted by Crippen LogP contribution is -2.41. The number of nitrogens with two attached hydrogens (primary N) is 1. The van der Waals surface area contributed by atoms with Crippen molar-refractivity contribution >= 4 is 5.82 Å². The number of hydrogen-bond donors (Lipinski definition) is 2. The second-order valence-electron chi connectivity index (χ2n) is 4.03. The summed E-state index contributed by atoms with van der Waals surface area (Å²) in [7, 11) is 2.12. The van der Waals surface area contributed by atoms with Crippen molar-refractivity contribution < 1.29 is 0 Å². The van der Waals surface area contributed by atoms with Crippen LogP contribution in [-0.4, -0.2) is 24.6 Å². The highest BCUT2D eigenvalue weighted by molar-refractivity contribution is 5.37. The molecule has 3 heteroatoms. The molecule has 0 aromatic carbocycles. The van der Waals surface area contributed by atoms with Crippen LogP contribution in [-0.2, 0) is 0 Å². The van der Waals surface area contributed by atoms with Gasteiger partial charge in [0.2, 0.25) is 0 Å². The van der Waals surface area contributed by atoms with Gasteiger partial charge in [-0.3, -0.25) is 0 Å². The summed E-state index contributed by atoms with van der Waals surface area (Å²) in [6.07, 6.45) is 4.33. The van der Waals surface area contributed by atoms with Crippen molar-refractivity contribution in [3.8, 4) is 0 Å². The molecule has 0 saturated heterocycles. The van der Waals surface area contributed by atoms with Crippen molar-refractivity contribution in [3.05, 3.63) is 18.3 Å². The molecule has 3 N–H and O–H groups in total. The smallest absolute Gasteiger partial charge is 0.105 e. The molecule has 0 spiro atoms. The Morgan fingerprint density at radius 2 is 2.38 bits per heavy atom. The molecule has 1 fully saturated rings. The highest BCUT2D eigenvalue weighted by Gasteiger charge is 2.26. The van der Waals surface area contributed by atoms with E-state index in [2.05, 4.69) is 23.0 Å². The van der Waals surface area contributed by atoms with Crippen molar-refractivity contribution in [1.82, 2.24) is 4.98 Å². The van der Waals surface area contributed by atoms with Crippen molar-refractivity contribution in [2.45, 2.75) is 18.9 Å². The number of nitrogens with zero attached hydrogens (tertiary/aromatic N) is 1. The normalized spacial score (nSPS) is 26.9. The fraction of sp³-hybridized carbons (Fsp3) is 0.600. The van der Waals surface area contributed by atoms with Crippen LogP contribution in [0.3, 0.4) is 0 Å². The average molecular weight is 179 g/mol. The van der Waals surface area contributed by atoms with Crippen LogP contribution in [0, 0.1) is 5.92 Å². The van der Waals surface area contributed by atoms with Crippen LogP contribution in [0.4, 0.5) is 5.82 Å². The summed E-state index contributed by atoms with van der Waals surface area (Å²) in [4.78, 5) is 5.46. The van der Waals surface area contributed by atoms with Gasteiger partial charge in [0.1, 0.15) is 5.82 Å². The maximum atomic E-state index is 5.74. The predicted octanol–water partition coefficient (Wildman–Crippen LogP) is 1.19. The van der Waals surface area contributed by atoms with E-state index in [0.717, 1.165) is 12.5 Å². The van der Waals surface area contributed by atoms with Crippen LogP contribution in [0.2, 0.25) is 0 Å². The van der Waals surface area contributed by atoms with Gasteiger partial charge in [-0.25, -0.2) is 0 Å². The second-order valence-corrected chi connectivity index (χ2v) is 4.03. The summed E-state index contributed by atoms with van der Waals surface area (Å²) in [6, 6.07) is 4.58. The van der Waals surface area contributed by atoms with Crippen LogP contribution in [0.25, 0.3) is 0 Å². The number of aromatic amines is 1. The molecule has 0 unspecified atom stereocenters. The summed E-state index contributed by atoms with van der Waals surface area (Å²) >= 11 is 0. The van der Waals surface area contributed by atoms with E-state index in [1.165, 1.54) is 18.7 Å². The molecule has 1 aromatic heterocycles. The van der Waals surface area contributed by atoms with Gasteiger partial charge in [0.15, 0.2) is 0 Å². The average Bonchev–Trinajstić information content (AvgIpc) is 2.53. The summed E-state index contributed by atoms with van der Waals surface area (Å²) in [5.41, 5.74) is 5.74. The van der Waals surface area contributed by atoms with Crippen LogP contribution >= 0.6 is 0 Å². The van der Waals surface area contributed by atoms with Gasteiger partial charge in [0.25, 0.3) is 0 Å². The minimum atomic E-state index is 0.460. The van der Waals surface area contributed by atoms with Gasteiger partial charge in [-0.05, 0) is 30.9 Å². The predicted molar refractivity (Wildman–Crippen MR) is 54.8 cm³/mol. The number of rotatable bonds is 3. The molecule has 0 atom stereocenters. The van der Waals surface area contributed by atoms with E-state index in [1.807, 2.05) is 12.3 Å². The first-order valence-electron chi connectivity index (χ1n) is 4.86. The molecule has 1 aromatic rings. The molecule has 1 heterocycles. The van der Waals surface area contributed by atoms with E-state index in [4.69, 9.17) is 5.73 Å². The van der Waals surface area contributed by atoms with E-state index >= 15 is 0 Å². The summed E-state index contributed by atoms with van der Waals surface area (Å²) in [5, 5.41) is 0. The van der Waals surface area contributed by atoms with E-state index in [0.29, 0.717) is 6.04 Å². The Morgan fingerprint density at radius 1 is 1.62 bits per heavy atom. The van der Waals surface area contributed by atoms with E-state index in [-0.39, 0.29) is 0 Å². The van der Waals surface area contributed by atoms with E-state index in [1.54, 1.807) is 0 Å². The van der Waals surface area contributed by atoms with E-state index in [9.17, 15) is 0 Å². The SMILES string of the molecule is CN(CC1CC(N)C1)c1ccc[nH]1. The third-order valence-electron chi connectivity index (χ3n) is 2.80. The molecule has 0 radical (unpaired) electrons. The zero-order valence-corrected chi connectivity index (χ0v) is 8.03. The van der Waals surface area contributed by atoms with Gasteiger partial charge in [-0.2, -0.15) is 0 Å². The van der Waals surface area contributed by atoms with Crippen molar-refractivity contribution in [2.75, 3.05) is 18.5 Å². The highest BCUT2D eigenvalue weighted by atomic mass is 15.2. The standard InChI is InChI=1S/C10H17N3/c1-13(10-3-2-4-12-10)7-8-5-9(11)6-8/h2-4,8-9,12H,5-7,11H2,1H3. The lowest BCUT2D eigenvalue weighted by Gasteiger charge is -2.35. The fourth-order valence-electron chi connectivity index (χ4n) is 1.98. The summed E-state index contributed by atoms with van der Waals surface area (Å²) < 4.78 is 0. The zero-order chi connectivity index (χ0) is 9.26. The monoisotopic (exact) mass is 179 g/mol. The third kappa shape index (κ3) is 1.86. The fourth-order valence-corrected chi connectivity index (χ4v) is 1.98. The van der Waals surface area contributed by atoms with Crippen molar-refractivity contribution in [3.63, 3.8) is 0 Å². The quantitative estimate of drug-likeness (QED) is 0.732. The lowest BCUT2D eigenvalue weighted by atomic mass is 9.81. The molecule has 1 aliphatic rings. The van der Waals surface area contributed by atoms with Gasteiger partial charge < -0.3 is 15.6 Å². The molecule has 72 valence electrons. The minimum Gasteiger partial charge on any atom is -0.361 e. The van der Waals surface area contributed by atoms with Gasteiger partial charge >= 0.3 is 0 Å². The summed E-state index contributed by atoms with van der Waals surface area (Å²) in [6.45, 7) is 1.12. The number of aromatic nitrogens is 1. The second kappa shape index (κ2) is 3.42. The molecular weight excluding hydrogens is 162 g/mol. The maximum absolute atomic E-state index is 5.74. The van der Waals surface area contributed by atoms with Gasteiger partial charge in [-0.15, -0.1) is 0 Å². The molecular formula is C10H17N3. The molecule has 0 bridgehead atoms. The maximum Gasteiger partial charge on any atom is 0.105 e. The molecule has 13 heavy (non-hydrogen) atoms.